The normalized spacial score (nSPS) is 13.5. The number of hydrogen-bond acceptors (Lipinski definition) is 5. The summed E-state index contributed by atoms with van der Waals surface area (Å²) in [6.07, 6.45) is 2.22. The molecule has 0 saturated heterocycles. The first-order valence-electron chi connectivity index (χ1n) is 13.6. The van der Waals surface area contributed by atoms with E-state index in [1.54, 1.807) is 20.3 Å². The van der Waals surface area contributed by atoms with Crippen LogP contribution in [0.1, 0.15) is 43.0 Å². The zero-order valence-corrected chi connectivity index (χ0v) is 24.4. The van der Waals surface area contributed by atoms with Crippen LogP contribution in [0.2, 0.25) is 0 Å². The van der Waals surface area contributed by atoms with Crippen molar-refractivity contribution >= 4 is 11.3 Å². The molecule has 4 aromatic rings. The van der Waals surface area contributed by atoms with E-state index in [0.29, 0.717) is 23.9 Å². The number of allylic oxidation sites excluding steroid dienone is 1. The average molecular weight is 554 g/mol. The maximum atomic E-state index is 14.1. The molecule has 0 amide bonds. The Morgan fingerprint density at radius 3 is 2.32 bits per heavy atom. The van der Waals surface area contributed by atoms with Crippen molar-refractivity contribution in [3.8, 4) is 34.1 Å². The van der Waals surface area contributed by atoms with Crippen LogP contribution in [0, 0.1) is 12.7 Å². The van der Waals surface area contributed by atoms with Crippen molar-refractivity contribution in [3.63, 3.8) is 0 Å². The molecule has 4 aromatic carbocycles. The molecular weight excluding hydrogens is 517 g/mol. The van der Waals surface area contributed by atoms with Crippen LogP contribution in [0.25, 0.3) is 16.7 Å². The fourth-order valence-electron chi connectivity index (χ4n) is 5.45. The summed E-state index contributed by atoms with van der Waals surface area (Å²) in [4.78, 5) is 0. The highest BCUT2D eigenvalue weighted by Gasteiger charge is 2.27. The Bertz CT molecular complexity index is 1610. The van der Waals surface area contributed by atoms with Gasteiger partial charge in [0.2, 0.25) is 0 Å². The number of ether oxygens (including phenoxy) is 4. The van der Waals surface area contributed by atoms with E-state index < -0.39 is 0 Å². The van der Waals surface area contributed by atoms with Crippen LogP contribution in [-0.4, -0.2) is 19.8 Å². The Hall–Kier alpha value is -4.45. The van der Waals surface area contributed by atoms with Gasteiger partial charge in [0.25, 0.3) is 0 Å². The molecule has 1 aliphatic heterocycles. The first-order chi connectivity index (χ1) is 19.7. The third kappa shape index (κ3) is 6.02. The minimum atomic E-state index is -0.332. The largest absolute Gasteiger partial charge is 0.496 e. The quantitative estimate of drug-likeness (QED) is 0.225. The molecule has 0 unspecified atom stereocenters. The predicted octanol–water partition coefficient (Wildman–Crippen LogP) is 8.58. The summed E-state index contributed by atoms with van der Waals surface area (Å²) in [5.41, 5.74) is 7.66. The zero-order valence-electron chi connectivity index (χ0n) is 24.4. The van der Waals surface area contributed by atoms with Crippen molar-refractivity contribution < 1.29 is 23.3 Å². The van der Waals surface area contributed by atoms with Gasteiger partial charge in [-0.2, -0.15) is 0 Å². The molecule has 41 heavy (non-hydrogen) atoms. The van der Waals surface area contributed by atoms with Gasteiger partial charge in [-0.15, -0.1) is 0 Å². The molecule has 1 N–H and O–H groups in total. The lowest BCUT2D eigenvalue weighted by Crippen LogP contribution is -2.32. The van der Waals surface area contributed by atoms with E-state index in [1.807, 2.05) is 49.4 Å². The standard InChI is InChI=1S/C35H36FNO4/c1-22-11-12-25(36)17-33(22)41-21-29-27(14-15-30-34(29)23(2)19-35(3,4)37-30)28-18-26(13-16-32(28)39-6)40-20-24-9-7-8-10-31(24)38-5/h7-19,37H,20-21H2,1-6H3. The Balaban J connectivity index is 1.58. The van der Waals surface area contributed by atoms with Crippen molar-refractivity contribution in [3.05, 3.63) is 107 Å². The molecule has 0 atom stereocenters. The van der Waals surface area contributed by atoms with E-state index in [-0.39, 0.29) is 18.0 Å². The molecular formula is C35H36FNO4. The number of fused-ring (bicyclic) bond motifs is 1. The highest BCUT2D eigenvalue weighted by Crippen LogP contribution is 2.44. The van der Waals surface area contributed by atoms with Gasteiger partial charge in [-0.05, 0) is 80.8 Å². The van der Waals surface area contributed by atoms with Crippen molar-refractivity contribution in [1.82, 2.24) is 0 Å². The van der Waals surface area contributed by atoms with Gasteiger partial charge < -0.3 is 24.3 Å². The van der Waals surface area contributed by atoms with Gasteiger partial charge in [-0.1, -0.05) is 36.4 Å². The van der Waals surface area contributed by atoms with Gasteiger partial charge in [0.15, 0.2) is 0 Å². The smallest absolute Gasteiger partial charge is 0.126 e. The van der Waals surface area contributed by atoms with Crippen LogP contribution < -0.4 is 24.3 Å². The Labute approximate surface area is 241 Å². The van der Waals surface area contributed by atoms with Gasteiger partial charge in [-0.25, -0.2) is 4.39 Å². The molecule has 0 bridgehead atoms. The van der Waals surface area contributed by atoms with Gasteiger partial charge in [0.1, 0.15) is 42.0 Å². The molecule has 0 aromatic heterocycles. The third-order valence-electron chi connectivity index (χ3n) is 7.31. The highest BCUT2D eigenvalue weighted by molar-refractivity contribution is 5.88. The number of methoxy groups -OCH3 is 2. The molecule has 212 valence electrons. The highest BCUT2D eigenvalue weighted by atomic mass is 19.1. The summed E-state index contributed by atoms with van der Waals surface area (Å²) in [6.45, 7) is 8.92. The molecule has 0 saturated carbocycles. The van der Waals surface area contributed by atoms with E-state index in [1.165, 1.54) is 12.1 Å². The number of benzene rings is 4. The summed E-state index contributed by atoms with van der Waals surface area (Å²) in [5, 5.41) is 3.63. The van der Waals surface area contributed by atoms with Crippen LogP contribution in [0.3, 0.4) is 0 Å². The zero-order chi connectivity index (χ0) is 29.1. The van der Waals surface area contributed by atoms with Crippen molar-refractivity contribution in [1.29, 1.82) is 0 Å². The topological polar surface area (TPSA) is 49.0 Å². The minimum absolute atomic E-state index is 0.195. The number of hydrogen-bond donors (Lipinski definition) is 1. The lowest BCUT2D eigenvalue weighted by molar-refractivity contribution is 0.296. The SMILES string of the molecule is COc1ccccc1COc1ccc(OC)c(-c2ccc3c(c2COc2cc(F)ccc2C)C(C)=CC(C)(C)N3)c1. The second kappa shape index (κ2) is 11.6. The second-order valence-electron chi connectivity index (χ2n) is 10.8. The van der Waals surface area contributed by atoms with Crippen LogP contribution in [0.5, 0.6) is 23.0 Å². The van der Waals surface area contributed by atoms with Crippen molar-refractivity contribution in [2.75, 3.05) is 19.5 Å². The predicted molar refractivity (Wildman–Crippen MR) is 163 cm³/mol. The summed E-state index contributed by atoms with van der Waals surface area (Å²) in [7, 11) is 3.32. The molecule has 6 heteroatoms. The van der Waals surface area contributed by atoms with E-state index in [2.05, 4.69) is 44.3 Å². The number of halogens is 1. The van der Waals surface area contributed by atoms with Gasteiger partial charge in [0, 0.05) is 34.0 Å². The Morgan fingerprint density at radius 2 is 1.54 bits per heavy atom. The maximum Gasteiger partial charge on any atom is 0.126 e. The van der Waals surface area contributed by atoms with Gasteiger partial charge in [0.05, 0.1) is 19.8 Å². The molecule has 0 radical (unpaired) electrons. The lowest BCUT2D eigenvalue weighted by atomic mass is 9.85. The first kappa shape index (κ1) is 28.1. The lowest BCUT2D eigenvalue weighted by Gasteiger charge is -2.33. The number of para-hydroxylation sites is 1. The van der Waals surface area contributed by atoms with Crippen molar-refractivity contribution in [2.45, 2.75) is 46.4 Å². The molecule has 5 rings (SSSR count). The van der Waals surface area contributed by atoms with E-state index in [4.69, 9.17) is 18.9 Å². The van der Waals surface area contributed by atoms with Gasteiger partial charge in [-0.3, -0.25) is 0 Å². The number of rotatable bonds is 9. The first-order valence-corrected chi connectivity index (χ1v) is 13.6. The summed E-state index contributed by atoms with van der Waals surface area (Å²) < 4.78 is 37.9. The van der Waals surface area contributed by atoms with E-state index >= 15 is 0 Å². The van der Waals surface area contributed by atoms with Gasteiger partial charge >= 0.3 is 0 Å². The fourth-order valence-corrected chi connectivity index (χ4v) is 5.45. The number of aryl methyl sites for hydroxylation is 1. The average Bonchev–Trinajstić information content (AvgIpc) is 2.95. The molecule has 0 aliphatic carbocycles. The fraction of sp³-hybridized carbons (Fsp3) is 0.257. The van der Waals surface area contributed by atoms with Crippen LogP contribution in [-0.2, 0) is 13.2 Å². The monoisotopic (exact) mass is 553 g/mol. The van der Waals surface area contributed by atoms with Crippen LogP contribution in [0.15, 0.2) is 78.9 Å². The van der Waals surface area contributed by atoms with E-state index in [0.717, 1.165) is 50.4 Å². The molecule has 1 aliphatic rings. The van der Waals surface area contributed by atoms with Crippen molar-refractivity contribution in [2.24, 2.45) is 0 Å². The summed E-state index contributed by atoms with van der Waals surface area (Å²) >= 11 is 0. The van der Waals surface area contributed by atoms with Crippen LogP contribution in [0.4, 0.5) is 10.1 Å². The number of anilines is 1. The Kier molecular flexibility index (Phi) is 7.93. The number of nitrogens with one attached hydrogen (secondary N) is 1. The molecule has 5 nitrogen and oxygen atoms in total. The van der Waals surface area contributed by atoms with E-state index in [9.17, 15) is 4.39 Å². The molecule has 0 fully saturated rings. The molecule has 0 spiro atoms. The Morgan fingerprint density at radius 1 is 0.756 bits per heavy atom. The summed E-state index contributed by atoms with van der Waals surface area (Å²) in [5.74, 6) is 2.37. The van der Waals surface area contributed by atoms with Crippen LogP contribution >= 0.6 is 0 Å². The third-order valence-corrected chi connectivity index (χ3v) is 7.31. The second-order valence-corrected chi connectivity index (χ2v) is 10.8. The summed E-state index contributed by atoms with van der Waals surface area (Å²) in [6, 6.07) is 22.4. The molecule has 1 heterocycles. The maximum absolute atomic E-state index is 14.1. The minimum Gasteiger partial charge on any atom is -0.496 e.